The molecule has 2 aromatic rings. The van der Waals surface area contributed by atoms with Crippen LogP contribution in [0.3, 0.4) is 0 Å². The van der Waals surface area contributed by atoms with Gasteiger partial charge < -0.3 is 5.11 Å². The second-order valence-electron chi connectivity index (χ2n) is 4.16. The van der Waals surface area contributed by atoms with E-state index in [0.29, 0.717) is 5.56 Å². The van der Waals surface area contributed by atoms with Gasteiger partial charge in [0.05, 0.1) is 5.56 Å². The Balaban J connectivity index is 2.54. The van der Waals surface area contributed by atoms with Crippen molar-refractivity contribution in [2.24, 2.45) is 0 Å². The van der Waals surface area contributed by atoms with Crippen molar-refractivity contribution in [3.8, 4) is 22.9 Å². The minimum absolute atomic E-state index is 0.0324. The van der Waals surface area contributed by atoms with Gasteiger partial charge in [-0.1, -0.05) is 29.8 Å². The average Bonchev–Trinajstić information content (AvgIpc) is 2.29. The number of nitrogens with zero attached hydrogens (tertiary/aromatic N) is 1. The lowest BCUT2D eigenvalue weighted by molar-refractivity contribution is 0.474. The highest BCUT2D eigenvalue weighted by Gasteiger charge is 2.06. The molecule has 84 valence electrons. The van der Waals surface area contributed by atoms with E-state index in [9.17, 15) is 5.11 Å². The van der Waals surface area contributed by atoms with Crippen LogP contribution in [0.4, 0.5) is 0 Å². The lowest BCUT2D eigenvalue weighted by Crippen LogP contribution is -1.86. The van der Waals surface area contributed by atoms with Gasteiger partial charge in [0.25, 0.3) is 0 Å². The van der Waals surface area contributed by atoms with Crippen LogP contribution >= 0.6 is 0 Å². The van der Waals surface area contributed by atoms with Gasteiger partial charge in [-0.15, -0.1) is 0 Å². The molecule has 0 aromatic heterocycles. The number of aryl methyl sites for hydroxylation is 2. The SMILES string of the molecule is Cc1ccc(-c2ccc(C#N)c(O)c2)c(C)c1. The molecule has 0 aliphatic carbocycles. The van der Waals surface area contributed by atoms with E-state index in [1.54, 1.807) is 12.1 Å². The molecule has 0 saturated heterocycles. The van der Waals surface area contributed by atoms with Crippen molar-refractivity contribution in [3.05, 3.63) is 53.1 Å². The summed E-state index contributed by atoms with van der Waals surface area (Å²) >= 11 is 0. The van der Waals surface area contributed by atoms with Crippen molar-refractivity contribution in [1.82, 2.24) is 0 Å². The quantitative estimate of drug-likeness (QED) is 0.803. The Morgan fingerprint density at radius 2 is 1.82 bits per heavy atom. The van der Waals surface area contributed by atoms with Crippen LogP contribution in [0.1, 0.15) is 16.7 Å². The molecule has 0 bridgehead atoms. The monoisotopic (exact) mass is 223 g/mol. The summed E-state index contributed by atoms with van der Waals surface area (Å²) in [6, 6.07) is 13.3. The molecule has 0 fully saturated rings. The largest absolute Gasteiger partial charge is 0.507 e. The first-order valence-corrected chi connectivity index (χ1v) is 5.42. The molecule has 0 aliphatic rings. The van der Waals surface area contributed by atoms with Crippen molar-refractivity contribution in [1.29, 1.82) is 5.26 Å². The van der Waals surface area contributed by atoms with Gasteiger partial charge in [-0.3, -0.25) is 0 Å². The summed E-state index contributed by atoms with van der Waals surface area (Å²) in [5.41, 5.74) is 4.69. The zero-order valence-electron chi connectivity index (χ0n) is 9.86. The third-order valence-electron chi connectivity index (χ3n) is 2.81. The van der Waals surface area contributed by atoms with E-state index in [1.807, 2.05) is 38.1 Å². The summed E-state index contributed by atoms with van der Waals surface area (Å²) in [6.07, 6.45) is 0. The van der Waals surface area contributed by atoms with Gasteiger partial charge in [0, 0.05) is 0 Å². The summed E-state index contributed by atoms with van der Waals surface area (Å²) in [7, 11) is 0. The maximum atomic E-state index is 9.68. The van der Waals surface area contributed by atoms with Crippen LogP contribution in [0.5, 0.6) is 5.75 Å². The molecule has 2 rings (SSSR count). The fraction of sp³-hybridized carbons (Fsp3) is 0.133. The van der Waals surface area contributed by atoms with Crippen LogP contribution in [-0.4, -0.2) is 5.11 Å². The molecule has 0 saturated carbocycles. The number of aromatic hydroxyl groups is 1. The van der Waals surface area contributed by atoms with E-state index in [4.69, 9.17) is 5.26 Å². The van der Waals surface area contributed by atoms with Crippen LogP contribution in [0.15, 0.2) is 36.4 Å². The van der Waals surface area contributed by atoms with Crippen LogP contribution in [0, 0.1) is 25.2 Å². The molecule has 2 nitrogen and oxygen atoms in total. The smallest absolute Gasteiger partial charge is 0.133 e. The number of phenolic OH excluding ortho intramolecular Hbond substituents is 1. The molecule has 0 spiro atoms. The minimum atomic E-state index is 0.0324. The van der Waals surface area contributed by atoms with Gasteiger partial charge in [0.15, 0.2) is 0 Å². The van der Waals surface area contributed by atoms with E-state index >= 15 is 0 Å². The standard InChI is InChI=1S/C15H13NO/c1-10-3-6-14(11(2)7-10)12-4-5-13(9-16)15(17)8-12/h3-8,17H,1-2H3. The van der Waals surface area contributed by atoms with Crippen molar-refractivity contribution >= 4 is 0 Å². The van der Waals surface area contributed by atoms with Crippen LogP contribution in [-0.2, 0) is 0 Å². The molecule has 17 heavy (non-hydrogen) atoms. The highest BCUT2D eigenvalue weighted by molar-refractivity contribution is 5.70. The third kappa shape index (κ3) is 2.14. The molecule has 2 heteroatoms. The van der Waals surface area contributed by atoms with Gasteiger partial charge in [-0.05, 0) is 42.7 Å². The fourth-order valence-corrected chi connectivity index (χ4v) is 1.93. The number of phenols is 1. The topological polar surface area (TPSA) is 44.0 Å². The average molecular weight is 223 g/mol. The van der Waals surface area contributed by atoms with Crippen molar-refractivity contribution in [3.63, 3.8) is 0 Å². The Morgan fingerprint density at radius 1 is 1.06 bits per heavy atom. The Hall–Kier alpha value is -2.27. The molecule has 0 radical (unpaired) electrons. The van der Waals surface area contributed by atoms with Gasteiger partial charge in [-0.25, -0.2) is 0 Å². The Labute approximate surface area is 101 Å². The Kier molecular flexibility index (Phi) is 2.84. The van der Waals surface area contributed by atoms with Gasteiger partial charge in [0.1, 0.15) is 11.8 Å². The predicted octanol–water partition coefficient (Wildman–Crippen LogP) is 3.55. The minimum Gasteiger partial charge on any atom is -0.507 e. The van der Waals surface area contributed by atoms with Gasteiger partial charge in [-0.2, -0.15) is 5.26 Å². The second-order valence-corrected chi connectivity index (χ2v) is 4.16. The fourth-order valence-electron chi connectivity index (χ4n) is 1.93. The summed E-state index contributed by atoms with van der Waals surface area (Å²) < 4.78 is 0. The molecular weight excluding hydrogens is 210 g/mol. The summed E-state index contributed by atoms with van der Waals surface area (Å²) in [5.74, 6) is 0.0324. The Bertz CT molecular complexity index is 609. The molecule has 0 heterocycles. The van der Waals surface area contributed by atoms with Crippen molar-refractivity contribution in [2.75, 3.05) is 0 Å². The third-order valence-corrected chi connectivity index (χ3v) is 2.81. The zero-order chi connectivity index (χ0) is 12.4. The highest BCUT2D eigenvalue weighted by Crippen LogP contribution is 2.28. The van der Waals surface area contributed by atoms with Crippen LogP contribution < -0.4 is 0 Å². The van der Waals surface area contributed by atoms with Gasteiger partial charge in [0.2, 0.25) is 0 Å². The first kappa shape index (κ1) is 11.2. The van der Waals surface area contributed by atoms with E-state index in [-0.39, 0.29) is 5.75 Å². The number of hydrogen-bond acceptors (Lipinski definition) is 2. The van der Waals surface area contributed by atoms with Gasteiger partial charge >= 0.3 is 0 Å². The maximum absolute atomic E-state index is 9.68. The molecule has 2 aromatic carbocycles. The highest BCUT2D eigenvalue weighted by atomic mass is 16.3. The lowest BCUT2D eigenvalue weighted by Gasteiger charge is -2.08. The normalized spacial score (nSPS) is 9.94. The lowest BCUT2D eigenvalue weighted by atomic mass is 9.97. The first-order valence-electron chi connectivity index (χ1n) is 5.42. The predicted molar refractivity (Wildman–Crippen MR) is 67.7 cm³/mol. The van der Waals surface area contributed by atoms with E-state index in [2.05, 4.69) is 6.07 Å². The Morgan fingerprint density at radius 3 is 2.41 bits per heavy atom. The first-order chi connectivity index (χ1) is 8.11. The molecule has 0 aliphatic heterocycles. The van der Waals surface area contributed by atoms with E-state index < -0.39 is 0 Å². The molecule has 1 N–H and O–H groups in total. The zero-order valence-corrected chi connectivity index (χ0v) is 9.86. The van der Waals surface area contributed by atoms with Crippen molar-refractivity contribution < 1.29 is 5.11 Å². The maximum Gasteiger partial charge on any atom is 0.133 e. The summed E-state index contributed by atoms with van der Waals surface area (Å²) in [4.78, 5) is 0. The molecule has 0 atom stereocenters. The number of benzene rings is 2. The van der Waals surface area contributed by atoms with Crippen LogP contribution in [0.25, 0.3) is 11.1 Å². The summed E-state index contributed by atoms with van der Waals surface area (Å²) in [5, 5.41) is 18.4. The van der Waals surface area contributed by atoms with Crippen molar-refractivity contribution in [2.45, 2.75) is 13.8 Å². The molecule has 0 unspecified atom stereocenters. The van der Waals surface area contributed by atoms with E-state index in [0.717, 1.165) is 16.7 Å². The second kappa shape index (κ2) is 4.31. The van der Waals surface area contributed by atoms with E-state index in [1.165, 1.54) is 5.56 Å². The number of hydrogen-bond donors (Lipinski definition) is 1. The summed E-state index contributed by atoms with van der Waals surface area (Å²) in [6.45, 7) is 4.09. The number of nitriles is 1. The molecular formula is C15H13NO. The van der Waals surface area contributed by atoms with Crippen LogP contribution in [0.2, 0.25) is 0 Å². The number of rotatable bonds is 1. The molecule has 0 amide bonds.